The Morgan fingerprint density at radius 2 is 2.09 bits per heavy atom. The van der Waals surface area contributed by atoms with Crippen LogP contribution in [0.25, 0.3) is 0 Å². The topological polar surface area (TPSA) is 102 Å². The Labute approximate surface area is 183 Å². The van der Waals surface area contributed by atoms with E-state index in [0.29, 0.717) is 18.6 Å². The molecule has 3 atom stereocenters. The largest absolute Gasteiger partial charge is 0.507 e. The van der Waals surface area contributed by atoms with Gasteiger partial charge in [-0.3, -0.25) is 9.59 Å². The second-order valence-electron chi connectivity index (χ2n) is 8.58. The van der Waals surface area contributed by atoms with Crippen LogP contribution in [-0.2, 0) is 20.9 Å². The van der Waals surface area contributed by atoms with Gasteiger partial charge < -0.3 is 30.1 Å². The third kappa shape index (κ3) is 3.95. The highest BCUT2D eigenvalue weighted by Gasteiger charge is 2.48. The van der Waals surface area contributed by atoms with E-state index in [4.69, 9.17) is 4.74 Å². The van der Waals surface area contributed by atoms with Gasteiger partial charge in [0.05, 0.1) is 24.8 Å². The summed E-state index contributed by atoms with van der Waals surface area (Å²) in [7, 11) is 0. The van der Waals surface area contributed by atoms with Crippen LogP contribution in [-0.4, -0.2) is 63.4 Å². The van der Waals surface area contributed by atoms with Crippen molar-refractivity contribution in [2.75, 3.05) is 13.2 Å². The zero-order chi connectivity index (χ0) is 23.2. The Balaban J connectivity index is 1.52. The molecular formula is C22H25F2N3O5. The molecule has 10 heteroatoms. The molecule has 0 spiro atoms. The van der Waals surface area contributed by atoms with E-state index in [0.717, 1.165) is 12.5 Å². The first kappa shape index (κ1) is 22.2. The zero-order valence-electron chi connectivity index (χ0n) is 17.7. The molecule has 2 fully saturated rings. The first-order chi connectivity index (χ1) is 15.2. The molecule has 2 saturated heterocycles. The number of hydrogen-bond acceptors (Lipinski definition) is 6. The number of benzene rings is 1. The molecule has 3 aliphatic heterocycles. The minimum atomic E-state index is -1.72. The SMILES string of the molecule is CC(C)C[C@@H]1CO[C@H]2CN3C=C(C(=O)NCc4ccc(F)cc4F)C(O)C(O)=C3C(=O)N12. The van der Waals surface area contributed by atoms with Gasteiger partial charge in [-0.15, -0.1) is 0 Å². The van der Waals surface area contributed by atoms with Crippen LogP contribution < -0.4 is 5.32 Å². The van der Waals surface area contributed by atoms with Gasteiger partial charge in [0.15, 0.2) is 12.0 Å². The summed E-state index contributed by atoms with van der Waals surface area (Å²) in [5.74, 6) is -3.06. The van der Waals surface area contributed by atoms with E-state index in [1.165, 1.54) is 17.2 Å². The molecule has 4 rings (SSSR count). The number of aliphatic hydroxyl groups is 2. The number of hydrogen-bond donors (Lipinski definition) is 3. The summed E-state index contributed by atoms with van der Waals surface area (Å²) in [5.41, 5.74) is -0.230. The molecule has 0 bridgehead atoms. The number of nitrogens with zero attached hydrogens (tertiary/aromatic N) is 2. The Kier molecular flexibility index (Phi) is 5.91. The quantitative estimate of drug-likeness (QED) is 0.630. The summed E-state index contributed by atoms with van der Waals surface area (Å²) in [6.45, 7) is 4.40. The monoisotopic (exact) mass is 449 g/mol. The van der Waals surface area contributed by atoms with E-state index < -0.39 is 41.5 Å². The van der Waals surface area contributed by atoms with Crippen molar-refractivity contribution in [2.45, 2.75) is 45.2 Å². The number of fused-ring (bicyclic) bond motifs is 2. The Hall–Kier alpha value is -2.98. The summed E-state index contributed by atoms with van der Waals surface area (Å²) in [6.07, 6.45) is -0.217. The number of aliphatic hydroxyl groups excluding tert-OH is 2. The second kappa shape index (κ2) is 8.51. The molecule has 172 valence electrons. The van der Waals surface area contributed by atoms with Crippen molar-refractivity contribution in [1.82, 2.24) is 15.1 Å². The van der Waals surface area contributed by atoms with Crippen molar-refractivity contribution in [3.05, 3.63) is 58.6 Å². The number of carbonyl (C=O) groups is 2. The fraction of sp³-hybridized carbons (Fsp3) is 0.455. The summed E-state index contributed by atoms with van der Waals surface area (Å²) in [6, 6.07) is 2.84. The van der Waals surface area contributed by atoms with E-state index in [9.17, 15) is 28.6 Å². The highest BCUT2D eigenvalue weighted by atomic mass is 19.1. The average molecular weight is 449 g/mol. The normalized spacial score (nSPS) is 25.1. The molecule has 0 aromatic heterocycles. The fourth-order valence-electron chi connectivity index (χ4n) is 4.30. The Morgan fingerprint density at radius 1 is 1.34 bits per heavy atom. The molecule has 8 nitrogen and oxygen atoms in total. The lowest BCUT2D eigenvalue weighted by Crippen LogP contribution is -2.56. The van der Waals surface area contributed by atoms with E-state index in [-0.39, 0.29) is 36.0 Å². The summed E-state index contributed by atoms with van der Waals surface area (Å²) in [5, 5.41) is 23.5. The van der Waals surface area contributed by atoms with Crippen LogP contribution in [0.5, 0.6) is 0 Å². The molecule has 1 aromatic rings. The maximum absolute atomic E-state index is 13.8. The second-order valence-corrected chi connectivity index (χ2v) is 8.58. The summed E-state index contributed by atoms with van der Waals surface area (Å²) < 4.78 is 32.6. The lowest BCUT2D eigenvalue weighted by Gasteiger charge is -2.42. The van der Waals surface area contributed by atoms with Crippen molar-refractivity contribution in [2.24, 2.45) is 5.92 Å². The molecule has 3 heterocycles. The maximum Gasteiger partial charge on any atom is 0.276 e. The fourth-order valence-corrected chi connectivity index (χ4v) is 4.30. The van der Waals surface area contributed by atoms with E-state index in [2.05, 4.69) is 5.32 Å². The van der Waals surface area contributed by atoms with Gasteiger partial charge in [-0.2, -0.15) is 0 Å². The molecule has 2 amide bonds. The highest BCUT2D eigenvalue weighted by molar-refractivity contribution is 5.99. The van der Waals surface area contributed by atoms with Crippen LogP contribution in [0.4, 0.5) is 8.78 Å². The van der Waals surface area contributed by atoms with Crippen LogP contribution in [0.3, 0.4) is 0 Å². The number of piperazine rings is 1. The third-order valence-electron chi connectivity index (χ3n) is 5.81. The van der Waals surface area contributed by atoms with Gasteiger partial charge in [0, 0.05) is 24.4 Å². The van der Waals surface area contributed by atoms with Crippen LogP contribution in [0.2, 0.25) is 0 Å². The number of carbonyl (C=O) groups excluding carboxylic acids is 2. The number of halogens is 2. The van der Waals surface area contributed by atoms with Crippen LogP contribution in [0.1, 0.15) is 25.8 Å². The van der Waals surface area contributed by atoms with Gasteiger partial charge in [-0.05, 0) is 18.4 Å². The highest BCUT2D eigenvalue weighted by Crippen LogP contribution is 2.35. The van der Waals surface area contributed by atoms with Crippen LogP contribution >= 0.6 is 0 Å². The minimum Gasteiger partial charge on any atom is -0.507 e. The van der Waals surface area contributed by atoms with Crippen LogP contribution in [0, 0.1) is 17.6 Å². The first-order valence-electron chi connectivity index (χ1n) is 10.4. The zero-order valence-corrected chi connectivity index (χ0v) is 17.7. The number of amides is 2. The molecule has 3 N–H and O–H groups in total. The number of rotatable bonds is 5. The maximum atomic E-state index is 13.8. The van der Waals surface area contributed by atoms with Gasteiger partial charge in [-0.25, -0.2) is 8.78 Å². The molecule has 0 radical (unpaired) electrons. The van der Waals surface area contributed by atoms with Crippen molar-refractivity contribution in [3.63, 3.8) is 0 Å². The smallest absolute Gasteiger partial charge is 0.276 e. The first-order valence-corrected chi connectivity index (χ1v) is 10.4. The Morgan fingerprint density at radius 3 is 2.78 bits per heavy atom. The van der Waals surface area contributed by atoms with Gasteiger partial charge in [0.1, 0.15) is 23.4 Å². The van der Waals surface area contributed by atoms with E-state index in [1.807, 2.05) is 13.8 Å². The van der Waals surface area contributed by atoms with E-state index in [1.54, 1.807) is 4.90 Å². The van der Waals surface area contributed by atoms with Crippen molar-refractivity contribution < 1.29 is 33.3 Å². The van der Waals surface area contributed by atoms with Gasteiger partial charge >= 0.3 is 0 Å². The summed E-state index contributed by atoms with van der Waals surface area (Å²) in [4.78, 5) is 28.7. The van der Waals surface area contributed by atoms with Crippen LogP contribution in [0.15, 0.2) is 41.4 Å². The lowest BCUT2D eigenvalue weighted by molar-refractivity contribution is -0.141. The molecule has 3 aliphatic rings. The molecule has 32 heavy (non-hydrogen) atoms. The minimum absolute atomic E-state index is 0.0606. The predicted octanol–water partition coefficient (Wildman–Crippen LogP) is 1.52. The average Bonchev–Trinajstić information content (AvgIpc) is 3.11. The van der Waals surface area contributed by atoms with Crippen molar-refractivity contribution >= 4 is 11.8 Å². The summed E-state index contributed by atoms with van der Waals surface area (Å²) >= 11 is 0. The molecular weight excluding hydrogens is 424 g/mol. The standard InChI is InChI=1S/C22H25F2N3O5/c1-11(2)5-14-10-32-17-9-26-8-15(19(28)20(29)18(26)22(31)27(14)17)21(30)25-7-12-3-4-13(23)6-16(12)24/h3-4,6,8,11,14,17,19,28-29H,5,7,9-10H2,1-2H3,(H,25,30)/t14-,17+,19?/m1/s1. The van der Waals surface area contributed by atoms with E-state index >= 15 is 0 Å². The molecule has 0 saturated carbocycles. The molecule has 1 unspecified atom stereocenters. The molecule has 1 aromatic carbocycles. The third-order valence-corrected chi connectivity index (χ3v) is 5.81. The van der Waals surface area contributed by atoms with Gasteiger partial charge in [0.25, 0.3) is 11.8 Å². The predicted molar refractivity (Wildman–Crippen MR) is 108 cm³/mol. The molecule has 0 aliphatic carbocycles. The lowest BCUT2D eigenvalue weighted by atomic mass is 9.98. The van der Waals surface area contributed by atoms with Crippen molar-refractivity contribution in [3.8, 4) is 0 Å². The van der Waals surface area contributed by atoms with Crippen molar-refractivity contribution in [1.29, 1.82) is 0 Å². The Bertz CT molecular complexity index is 1010. The number of nitrogens with one attached hydrogen (secondary N) is 1. The number of ether oxygens (including phenoxy) is 1. The van der Waals surface area contributed by atoms with Gasteiger partial charge in [0.2, 0.25) is 0 Å². The van der Waals surface area contributed by atoms with Gasteiger partial charge in [-0.1, -0.05) is 19.9 Å².